The SMILES string of the molecule is Cc1ccnnc1C(C)(C)NC(=O)c1nc(-c2ccc3ncccc3c2)c(-c2ccn(C)n2)nc1N. The predicted molar refractivity (Wildman–Crippen MR) is 137 cm³/mol. The molecular weight excluding hydrogens is 454 g/mol. The van der Waals surface area contributed by atoms with Gasteiger partial charge in [0, 0.05) is 36.6 Å². The van der Waals surface area contributed by atoms with E-state index in [1.807, 2.05) is 76.5 Å². The van der Waals surface area contributed by atoms with Gasteiger partial charge in [0.1, 0.15) is 11.4 Å². The number of aryl methyl sites for hydroxylation is 2. The van der Waals surface area contributed by atoms with Crippen LogP contribution in [0.4, 0.5) is 5.82 Å². The number of aromatic nitrogens is 7. The van der Waals surface area contributed by atoms with Crippen LogP contribution in [0.25, 0.3) is 33.5 Å². The molecule has 0 aliphatic carbocycles. The Morgan fingerprint density at radius 3 is 2.64 bits per heavy atom. The summed E-state index contributed by atoms with van der Waals surface area (Å²) in [6.45, 7) is 5.62. The number of carbonyl (C=O) groups is 1. The molecule has 0 aliphatic heterocycles. The van der Waals surface area contributed by atoms with E-state index >= 15 is 0 Å². The number of anilines is 1. The first-order valence-corrected chi connectivity index (χ1v) is 11.4. The lowest BCUT2D eigenvalue weighted by Crippen LogP contribution is -2.43. The average molecular weight is 480 g/mol. The van der Waals surface area contributed by atoms with Crippen molar-refractivity contribution in [1.29, 1.82) is 0 Å². The Morgan fingerprint density at radius 2 is 1.89 bits per heavy atom. The molecule has 5 aromatic rings. The number of nitrogens with zero attached hydrogens (tertiary/aromatic N) is 7. The molecule has 10 nitrogen and oxygen atoms in total. The first kappa shape index (κ1) is 23.0. The van der Waals surface area contributed by atoms with Crippen molar-refractivity contribution >= 4 is 22.6 Å². The van der Waals surface area contributed by atoms with E-state index in [2.05, 4.69) is 30.6 Å². The number of benzene rings is 1. The molecule has 4 aromatic heterocycles. The van der Waals surface area contributed by atoms with Crippen LogP contribution < -0.4 is 11.1 Å². The Hall–Kier alpha value is -4.73. The summed E-state index contributed by atoms with van der Waals surface area (Å²) in [5.74, 6) is -0.461. The molecule has 0 bridgehead atoms. The Labute approximate surface area is 207 Å². The summed E-state index contributed by atoms with van der Waals surface area (Å²) in [5, 5.41) is 16.6. The number of amides is 1. The van der Waals surface area contributed by atoms with Crippen LogP contribution in [0.5, 0.6) is 0 Å². The minimum absolute atomic E-state index is 0.00558. The standard InChI is InChI=1S/C26H25N9O/c1-15-9-12-29-33-23(15)26(2,3)32-25(36)22-24(27)31-21(19-10-13-35(4)34-19)20(30-22)17-7-8-18-16(14-17)6-5-11-28-18/h5-14H,1-4H3,(H2,27,31)(H,32,36). The van der Waals surface area contributed by atoms with E-state index < -0.39 is 11.4 Å². The monoisotopic (exact) mass is 479 g/mol. The van der Waals surface area contributed by atoms with Crippen LogP contribution in [0.1, 0.15) is 35.6 Å². The first-order valence-electron chi connectivity index (χ1n) is 11.4. The largest absolute Gasteiger partial charge is 0.382 e. The van der Waals surface area contributed by atoms with Gasteiger partial charge in [-0.15, -0.1) is 0 Å². The molecule has 0 atom stereocenters. The zero-order chi connectivity index (χ0) is 25.4. The van der Waals surface area contributed by atoms with Gasteiger partial charge in [-0.3, -0.25) is 14.5 Å². The normalized spacial score (nSPS) is 11.6. The second-order valence-corrected chi connectivity index (χ2v) is 9.08. The van der Waals surface area contributed by atoms with Crippen molar-refractivity contribution in [2.24, 2.45) is 7.05 Å². The molecule has 4 heterocycles. The van der Waals surface area contributed by atoms with Crippen LogP contribution in [-0.2, 0) is 12.6 Å². The fourth-order valence-corrected chi connectivity index (χ4v) is 4.17. The van der Waals surface area contributed by atoms with E-state index in [4.69, 9.17) is 10.7 Å². The molecule has 36 heavy (non-hydrogen) atoms. The third kappa shape index (κ3) is 4.24. The smallest absolute Gasteiger partial charge is 0.274 e. The summed E-state index contributed by atoms with van der Waals surface area (Å²) in [7, 11) is 1.82. The van der Waals surface area contributed by atoms with E-state index in [-0.39, 0.29) is 11.5 Å². The van der Waals surface area contributed by atoms with E-state index in [1.165, 1.54) is 0 Å². The van der Waals surface area contributed by atoms with Crippen LogP contribution in [-0.4, -0.2) is 40.8 Å². The van der Waals surface area contributed by atoms with E-state index in [1.54, 1.807) is 17.1 Å². The zero-order valence-electron chi connectivity index (χ0n) is 20.4. The number of nitrogens with one attached hydrogen (secondary N) is 1. The van der Waals surface area contributed by atoms with Crippen molar-refractivity contribution in [1.82, 2.24) is 40.2 Å². The zero-order valence-corrected chi connectivity index (χ0v) is 20.4. The number of pyridine rings is 1. The number of fused-ring (bicyclic) bond motifs is 1. The lowest BCUT2D eigenvalue weighted by Gasteiger charge is -2.26. The summed E-state index contributed by atoms with van der Waals surface area (Å²) in [4.78, 5) is 27.2. The highest BCUT2D eigenvalue weighted by Crippen LogP contribution is 2.32. The number of hydrogen-bond acceptors (Lipinski definition) is 8. The van der Waals surface area contributed by atoms with Gasteiger partial charge in [0.2, 0.25) is 0 Å². The summed E-state index contributed by atoms with van der Waals surface area (Å²) >= 11 is 0. The molecule has 0 fully saturated rings. The molecule has 0 radical (unpaired) electrons. The van der Waals surface area contributed by atoms with Gasteiger partial charge in [-0.05, 0) is 56.7 Å². The van der Waals surface area contributed by atoms with Gasteiger partial charge in [0.25, 0.3) is 5.91 Å². The molecular formula is C26H25N9O. The number of nitrogen functional groups attached to an aromatic ring is 1. The van der Waals surface area contributed by atoms with Crippen LogP contribution in [0.3, 0.4) is 0 Å². The van der Waals surface area contributed by atoms with Crippen LogP contribution in [0, 0.1) is 6.92 Å². The third-order valence-corrected chi connectivity index (χ3v) is 5.91. The minimum Gasteiger partial charge on any atom is -0.382 e. The van der Waals surface area contributed by atoms with E-state index in [0.717, 1.165) is 22.0 Å². The van der Waals surface area contributed by atoms with Gasteiger partial charge < -0.3 is 11.1 Å². The van der Waals surface area contributed by atoms with Gasteiger partial charge in [-0.1, -0.05) is 12.1 Å². The summed E-state index contributed by atoms with van der Waals surface area (Å²) in [6, 6.07) is 13.3. The lowest BCUT2D eigenvalue weighted by molar-refractivity contribution is 0.0905. The molecule has 0 spiro atoms. The fraction of sp³-hybridized carbons (Fsp3) is 0.192. The van der Waals surface area contributed by atoms with Gasteiger partial charge in [0.05, 0.1) is 22.4 Å². The lowest BCUT2D eigenvalue weighted by atomic mass is 9.96. The molecule has 0 saturated heterocycles. The second-order valence-electron chi connectivity index (χ2n) is 9.08. The maximum Gasteiger partial charge on any atom is 0.274 e. The summed E-state index contributed by atoms with van der Waals surface area (Å²) < 4.78 is 1.67. The Bertz CT molecular complexity index is 1610. The second kappa shape index (κ2) is 8.81. The molecule has 180 valence electrons. The third-order valence-electron chi connectivity index (χ3n) is 5.91. The topological polar surface area (TPSA) is 137 Å². The van der Waals surface area contributed by atoms with Crippen LogP contribution >= 0.6 is 0 Å². The van der Waals surface area contributed by atoms with Crippen molar-refractivity contribution in [2.45, 2.75) is 26.3 Å². The highest BCUT2D eigenvalue weighted by atomic mass is 16.2. The van der Waals surface area contributed by atoms with Gasteiger partial charge in [0.15, 0.2) is 11.5 Å². The van der Waals surface area contributed by atoms with Crippen molar-refractivity contribution in [3.63, 3.8) is 0 Å². The van der Waals surface area contributed by atoms with Crippen LogP contribution in [0.15, 0.2) is 61.1 Å². The van der Waals surface area contributed by atoms with Crippen molar-refractivity contribution in [2.75, 3.05) is 5.73 Å². The molecule has 5 rings (SSSR count). The maximum absolute atomic E-state index is 13.4. The maximum atomic E-state index is 13.4. The minimum atomic E-state index is -0.821. The summed E-state index contributed by atoms with van der Waals surface area (Å²) in [6.07, 6.45) is 5.17. The average Bonchev–Trinajstić information content (AvgIpc) is 3.29. The molecule has 0 aliphatic rings. The fourth-order valence-electron chi connectivity index (χ4n) is 4.17. The van der Waals surface area contributed by atoms with Crippen LogP contribution in [0.2, 0.25) is 0 Å². The molecule has 1 aromatic carbocycles. The van der Waals surface area contributed by atoms with E-state index in [9.17, 15) is 4.79 Å². The van der Waals surface area contributed by atoms with E-state index in [0.29, 0.717) is 22.8 Å². The van der Waals surface area contributed by atoms with Crippen molar-refractivity contribution < 1.29 is 4.79 Å². The number of hydrogen-bond donors (Lipinski definition) is 2. The number of nitrogens with two attached hydrogens (primary N) is 1. The number of rotatable bonds is 5. The number of carbonyl (C=O) groups excluding carboxylic acids is 1. The Kier molecular flexibility index (Phi) is 5.63. The molecule has 0 unspecified atom stereocenters. The van der Waals surface area contributed by atoms with Crippen molar-refractivity contribution in [3.05, 3.63) is 78.0 Å². The Morgan fingerprint density at radius 1 is 1.06 bits per heavy atom. The molecule has 3 N–H and O–H groups in total. The first-order chi connectivity index (χ1) is 17.2. The quantitative estimate of drug-likeness (QED) is 0.391. The highest BCUT2D eigenvalue weighted by molar-refractivity contribution is 5.98. The molecule has 10 heteroatoms. The van der Waals surface area contributed by atoms with Gasteiger partial charge >= 0.3 is 0 Å². The Balaban J connectivity index is 1.62. The van der Waals surface area contributed by atoms with Crippen molar-refractivity contribution in [3.8, 4) is 22.6 Å². The molecule has 1 amide bonds. The van der Waals surface area contributed by atoms with Gasteiger partial charge in [-0.25, -0.2) is 9.97 Å². The predicted octanol–water partition coefficient (Wildman–Crippen LogP) is 3.44. The summed E-state index contributed by atoms with van der Waals surface area (Å²) in [5.41, 5.74) is 10.2. The van der Waals surface area contributed by atoms with Gasteiger partial charge in [-0.2, -0.15) is 15.3 Å². The highest BCUT2D eigenvalue weighted by Gasteiger charge is 2.30. The molecule has 0 saturated carbocycles.